The maximum absolute atomic E-state index is 10.2. The molecule has 0 bridgehead atoms. The van der Waals surface area contributed by atoms with E-state index in [1.54, 1.807) is 6.07 Å². The standard InChI is InChI=1S/C5H2N2O2S/c6-1-3-4(5(8)9)7-2-10-3/h2H,(H,8,9). The van der Waals surface area contributed by atoms with E-state index in [0.29, 0.717) is 0 Å². The number of aromatic nitrogens is 1. The van der Waals surface area contributed by atoms with Gasteiger partial charge in [0.2, 0.25) is 0 Å². The summed E-state index contributed by atoms with van der Waals surface area (Å²) in [4.78, 5) is 13.9. The molecule has 1 aromatic rings. The molecule has 0 amide bonds. The first-order chi connectivity index (χ1) is 4.75. The Labute approximate surface area is 60.4 Å². The molecule has 1 heterocycles. The van der Waals surface area contributed by atoms with Gasteiger partial charge in [0, 0.05) is 0 Å². The molecule has 50 valence electrons. The number of aromatic carboxylic acids is 1. The molecule has 1 N–H and O–H groups in total. The van der Waals surface area contributed by atoms with Gasteiger partial charge in [-0.15, -0.1) is 11.3 Å². The molecule has 0 aliphatic heterocycles. The average molecular weight is 154 g/mol. The number of rotatable bonds is 1. The molecule has 5 heteroatoms. The summed E-state index contributed by atoms with van der Waals surface area (Å²) in [6.45, 7) is 0. The van der Waals surface area contributed by atoms with Gasteiger partial charge < -0.3 is 5.11 Å². The second-order valence-corrected chi connectivity index (χ2v) is 2.30. The van der Waals surface area contributed by atoms with Crippen molar-refractivity contribution in [3.05, 3.63) is 16.1 Å². The minimum Gasteiger partial charge on any atom is -0.476 e. The van der Waals surface area contributed by atoms with Crippen molar-refractivity contribution in [2.24, 2.45) is 0 Å². The summed E-state index contributed by atoms with van der Waals surface area (Å²) in [5, 5.41) is 16.7. The third kappa shape index (κ3) is 0.967. The number of nitrogens with zero attached hydrogens (tertiary/aromatic N) is 2. The molecule has 1 rings (SSSR count). The molecule has 1 aromatic heterocycles. The van der Waals surface area contributed by atoms with E-state index in [1.807, 2.05) is 0 Å². The van der Waals surface area contributed by atoms with Crippen LogP contribution in [-0.4, -0.2) is 16.1 Å². The van der Waals surface area contributed by atoms with Crippen molar-refractivity contribution in [2.45, 2.75) is 0 Å². The molecule has 10 heavy (non-hydrogen) atoms. The van der Waals surface area contributed by atoms with Crippen LogP contribution in [0.2, 0.25) is 0 Å². The number of hydrogen-bond donors (Lipinski definition) is 1. The Morgan fingerprint density at radius 1 is 1.90 bits per heavy atom. The summed E-state index contributed by atoms with van der Waals surface area (Å²) in [6.07, 6.45) is 0. The smallest absolute Gasteiger partial charge is 0.356 e. The van der Waals surface area contributed by atoms with Crippen molar-refractivity contribution in [1.82, 2.24) is 4.98 Å². The second kappa shape index (κ2) is 2.45. The van der Waals surface area contributed by atoms with Crippen LogP contribution in [-0.2, 0) is 0 Å². The third-order valence-corrected chi connectivity index (χ3v) is 1.60. The lowest BCUT2D eigenvalue weighted by Crippen LogP contribution is -1.97. The van der Waals surface area contributed by atoms with Gasteiger partial charge in [-0.25, -0.2) is 9.78 Å². The van der Waals surface area contributed by atoms with Crippen molar-refractivity contribution < 1.29 is 9.90 Å². The Morgan fingerprint density at radius 3 is 3.00 bits per heavy atom. The Hall–Kier alpha value is -1.41. The van der Waals surface area contributed by atoms with E-state index in [0.717, 1.165) is 11.3 Å². The highest BCUT2D eigenvalue weighted by molar-refractivity contribution is 7.10. The normalized spacial score (nSPS) is 8.70. The number of carboxylic acid groups (broad SMARTS) is 1. The van der Waals surface area contributed by atoms with Gasteiger partial charge in [0.25, 0.3) is 0 Å². The van der Waals surface area contributed by atoms with Crippen LogP contribution >= 0.6 is 11.3 Å². The molecule has 0 saturated heterocycles. The summed E-state index contributed by atoms with van der Waals surface area (Å²) < 4.78 is 0. The van der Waals surface area contributed by atoms with E-state index in [2.05, 4.69) is 4.98 Å². The summed E-state index contributed by atoms with van der Waals surface area (Å²) in [5.74, 6) is -1.15. The lowest BCUT2D eigenvalue weighted by Gasteiger charge is -1.82. The van der Waals surface area contributed by atoms with E-state index in [1.165, 1.54) is 5.51 Å². The quantitative estimate of drug-likeness (QED) is 0.646. The predicted octanol–water partition coefficient (Wildman–Crippen LogP) is 0.713. The maximum Gasteiger partial charge on any atom is 0.356 e. The SMILES string of the molecule is N#Cc1scnc1C(=O)O. The Kier molecular flexibility index (Phi) is 1.65. The first-order valence-corrected chi connectivity index (χ1v) is 3.20. The minimum absolute atomic E-state index is 0.146. The fraction of sp³-hybridized carbons (Fsp3) is 0. The van der Waals surface area contributed by atoms with Crippen molar-refractivity contribution >= 4 is 17.3 Å². The highest BCUT2D eigenvalue weighted by Gasteiger charge is 2.11. The van der Waals surface area contributed by atoms with Crippen LogP contribution < -0.4 is 0 Å². The lowest BCUT2D eigenvalue weighted by atomic mass is 10.4. The molecule has 0 saturated carbocycles. The van der Waals surface area contributed by atoms with E-state index in [9.17, 15) is 4.79 Å². The van der Waals surface area contributed by atoms with Crippen LogP contribution in [0.3, 0.4) is 0 Å². The van der Waals surface area contributed by atoms with Gasteiger partial charge in [-0.2, -0.15) is 5.26 Å². The summed E-state index contributed by atoms with van der Waals surface area (Å²) in [6, 6.07) is 1.73. The number of nitriles is 1. The molecular formula is C5H2N2O2S. The van der Waals surface area contributed by atoms with Crippen LogP contribution in [0.25, 0.3) is 0 Å². The number of thiazole rings is 1. The molecule has 0 fully saturated rings. The third-order valence-electron chi connectivity index (χ3n) is 0.872. The molecule has 0 unspecified atom stereocenters. The highest BCUT2D eigenvalue weighted by Crippen LogP contribution is 2.10. The maximum atomic E-state index is 10.2. The van der Waals surface area contributed by atoms with Gasteiger partial charge >= 0.3 is 5.97 Å². The summed E-state index contributed by atoms with van der Waals surface area (Å²) in [5.41, 5.74) is 1.18. The summed E-state index contributed by atoms with van der Waals surface area (Å²) >= 11 is 1.02. The lowest BCUT2D eigenvalue weighted by molar-refractivity contribution is 0.0691. The average Bonchev–Trinajstić information content (AvgIpc) is 2.33. The van der Waals surface area contributed by atoms with E-state index < -0.39 is 5.97 Å². The molecule has 0 atom stereocenters. The molecule has 0 aliphatic carbocycles. The van der Waals surface area contributed by atoms with Gasteiger partial charge in [0.15, 0.2) is 5.69 Å². The molecule has 0 aliphatic rings. The van der Waals surface area contributed by atoms with Crippen LogP contribution in [0.1, 0.15) is 15.4 Å². The molecule has 4 nitrogen and oxygen atoms in total. The fourth-order valence-electron chi connectivity index (χ4n) is 0.478. The first-order valence-electron chi connectivity index (χ1n) is 2.32. The van der Waals surface area contributed by atoms with Crippen LogP contribution in [0.4, 0.5) is 0 Å². The largest absolute Gasteiger partial charge is 0.476 e. The highest BCUT2D eigenvalue weighted by atomic mass is 32.1. The second-order valence-electron chi connectivity index (χ2n) is 1.45. The van der Waals surface area contributed by atoms with Crippen molar-refractivity contribution in [3.63, 3.8) is 0 Å². The Balaban J connectivity index is 3.17. The van der Waals surface area contributed by atoms with E-state index >= 15 is 0 Å². The number of carboxylic acids is 1. The first kappa shape index (κ1) is 6.71. The van der Waals surface area contributed by atoms with Gasteiger partial charge in [0.05, 0.1) is 5.51 Å². The monoisotopic (exact) mass is 154 g/mol. The molecule has 0 spiro atoms. The number of carbonyl (C=O) groups is 1. The fourth-order valence-corrected chi connectivity index (χ4v) is 1.05. The van der Waals surface area contributed by atoms with Gasteiger partial charge in [-0.3, -0.25) is 0 Å². The number of hydrogen-bond acceptors (Lipinski definition) is 4. The minimum atomic E-state index is -1.15. The van der Waals surface area contributed by atoms with Crippen molar-refractivity contribution in [2.75, 3.05) is 0 Å². The zero-order valence-corrected chi connectivity index (χ0v) is 5.55. The topological polar surface area (TPSA) is 74.0 Å². The molecule has 0 aromatic carbocycles. The van der Waals surface area contributed by atoms with Crippen LogP contribution in [0, 0.1) is 11.3 Å². The van der Waals surface area contributed by atoms with E-state index in [4.69, 9.17) is 10.4 Å². The van der Waals surface area contributed by atoms with Crippen LogP contribution in [0.15, 0.2) is 5.51 Å². The zero-order chi connectivity index (χ0) is 7.56. The van der Waals surface area contributed by atoms with Gasteiger partial charge in [-0.1, -0.05) is 0 Å². The molecular weight excluding hydrogens is 152 g/mol. The predicted molar refractivity (Wildman–Crippen MR) is 33.8 cm³/mol. The van der Waals surface area contributed by atoms with Crippen LogP contribution in [0.5, 0.6) is 0 Å². The van der Waals surface area contributed by atoms with Gasteiger partial charge in [-0.05, 0) is 0 Å². The van der Waals surface area contributed by atoms with Crippen molar-refractivity contribution in [1.29, 1.82) is 5.26 Å². The van der Waals surface area contributed by atoms with Crippen molar-refractivity contribution in [3.8, 4) is 6.07 Å². The summed E-state index contributed by atoms with van der Waals surface area (Å²) in [7, 11) is 0. The Bertz CT molecular complexity index is 299. The zero-order valence-electron chi connectivity index (χ0n) is 4.74. The van der Waals surface area contributed by atoms with E-state index in [-0.39, 0.29) is 10.6 Å². The Morgan fingerprint density at radius 2 is 2.60 bits per heavy atom. The van der Waals surface area contributed by atoms with Gasteiger partial charge in [0.1, 0.15) is 10.9 Å². The molecule has 0 radical (unpaired) electrons.